The van der Waals surface area contributed by atoms with Crippen molar-refractivity contribution < 1.29 is 19.4 Å². The lowest BCUT2D eigenvalue weighted by Crippen LogP contribution is -2.41. The van der Waals surface area contributed by atoms with Crippen LogP contribution in [0.25, 0.3) is 0 Å². The van der Waals surface area contributed by atoms with Gasteiger partial charge in [-0.15, -0.1) is 0 Å². The number of esters is 1. The number of rotatable bonds is 1. The van der Waals surface area contributed by atoms with Crippen LogP contribution in [0.15, 0.2) is 12.3 Å². The summed E-state index contributed by atoms with van der Waals surface area (Å²) in [5.74, 6) is -0.412. The largest absolute Gasteiger partial charge is 0.495 e. The van der Waals surface area contributed by atoms with Crippen molar-refractivity contribution in [3.05, 3.63) is 12.3 Å². The average Bonchev–Trinajstić information content (AvgIpc) is 1.97. The number of carbonyl (C=O) groups excluding carboxylic acids is 1. The Morgan fingerprint density at radius 1 is 1.67 bits per heavy atom. The second-order valence-electron chi connectivity index (χ2n) is 2.73. The van der Waals surface area contributed by atoms with Crippen molar-refractivity contribution in [3.8, 4) is 0 Å². The maximum atomic E-state index is 10.6. The van der Waals surface area contributed by atoms with Crippen LogP contribution in [0, 0.1) is 0 Å². The van der Waals surface area contributed by atoms with Crippen molar-refractivity contribution in [3.63, 3.8) is 0 Å². The molecular formula is C8H12O4. The minimum Gasteiger partial charge on any atom is -0.495 e. The Balaban J connectivity index is 2.60. The molecule has 12 heavy (non-hydrogen) atoms. The predicted octanol–water partition coefficient (Wildman–Crippen LogP) is 0.211. The zero-order valence-corrected chi connectivity index (χ0v) is 7.06. The van der Waals surface area contributed by atoms with Crippen molar-refractivity contribution >= 4 is 5.97 Å². The van der Waals surface area contributed by atoms with Crippen molar-refractivity contribution in [2.45, 2.75) is 32.2 Å². The lowest BCUT2D eigenvalue weighted by molar-refractivity contribution is -0.160. The monoisotopic (exact) mass is 172 g/mol. The summed E-state index contributed by atoms with van der Waals surface area (Å²) in [5, 5.41) is 9.34. The van der Waals surface area contributed by atoms with E-state index in [4.69, 9.17) is 9.47 Å². The van der Waals surface area contributed by atoms with Crippen molar-refractivity contribution in [1.29, 1.82) is 0 Å². The first kappa shape index (κ1) is 9.06. The zero-order chi connectivity index (χ0) is 9.14. The number of hydrogen-bond donors (Lipinski definition) is 1. The van der Waals surface area contributed by atoms with E-state index < -0.39 is 18.2 Å². The van der Waals surface area contributed by atoms with Crippen LogP contribution in [0.4, 0.5) is 0 Å². The van der Waals surface area contributed by atoms with Gasteiger partial charge in [0.15, 0.2) is 6.10 Å². The molecule has 0 bridgehead atoms. The van der Waals surface area contributed by atoms with E-state index in [2.05, 4.69) is 0 Å². The van der Waals surface area contributed by atoms with Crippen LogP contribution in [-0.4, -0.2) is 29.4 Å². The van der Waals surface area contributed by atoms with Gasteiger partial charge in [-0.1, -0.05) is 0 Å². The molecule has 0 aliphatic carbocycles. The van der Waals surface area contributed by atoms with E-state index in [0.717, 1.165) is 0 Å². The number of aliphatic hydroxyl groups excluding tert-OH is 1. The molecule has 1 heterocycles. The molecule has 0 radical (unpaired) electrons. The van der Waals surface area contributed by atoms with E-state index in [0.29, 0.717) is 0 Å². The van der Waals surface area contributed by atoms with Gasteiger partial charge in [-0.25, -0.2) is 0 Å². The smallest absolute Gasteiger partial charge is 0.303 e. The highest BCUT2D eigenvalue weighted by molar-refractivity contribution is 5.66. The molecule has 0 aromatic heterocycles. The number of hydrogen-bond acceptors (Lipinski definition) is 4. The molecule has 4 heteroatoms. The maximum Gasteiger partial charge on any atom is 0.303 e. The summed E-state index contributed by atoms with van der Waals surface area (Å²) in [6, 6.07) is 0. The molecule has 1 aliphatic heterocycles. The minimum absolute atomic E-state index is 0.297. The van der Waals surface area contributed by atoms with E-state index >= 15 is 0 Å². The van der Waals surface area contributed by atoms with Gasteiger partial charge in [0, 0.05) is 6.92 Å². The van der Waals surface area contributed by atoms with Crippen molar-refractivity contribution in [2.75, 3.05) is 0 Å². The SMILES string of the molecule is CC(=O)O[C@@H]1[C@H](O)C=CO[C@@H]1C. The van der Waals surface area contributed by atoms with Crippen LogP contribution in [-0.2, 0) is 14.3 Å². The summed E-state index contributed by atoms with van der Waals surface area (Å²) in [6.45, 7) is 3.04. The second-order valence-corrected chi connectivity index (χ2v) is 2.73. The van der Waals surface area contributed by atoms with E-state index in [9.17, 15) is 9.90 Å². The summed E-state index contributed by atoms with van der Waals surface area (Å²) in [6.07, 6.45) is 1.21. The fraction of sp³-hybridized carbons (Fsp3) is 0.625. The number of aliphatic hydroxyl groups is 1. The molecule has 68 valence electrons. The van der Waals surface area contributed by atoms with Crippen LogP contribution < -0.4 is 0 Å². The Kier molecular flexibility index (Phi) is 2.70. The quantitative estimate of drug-likeness (QED) is 0.574. The van der Waals surface area contributed by atoms with Gasteiger partial charge in [0.05, 0.1) is 6.26 Å². The number of ether oxygens (including phenoxy) is 2. The molecule has 0 amide bonds. The van der Waals surface area contributed by atoms with E-state index in [-0.39, 0.29) is 6.10 Å². The lowest BCUT2D eigenvalue weighted by Gasteiger charge is -2.28. The van der Waals surface area contributed by atoms with Crippen LogP contribution in [0.2, 0.25) is 0 Å². The molecule has 0 saturated carbocycles. The molecule has 0 spiro atoms. The summed E-state index contributed by atoms with van der Waals surface area (Å²) < 4.78 is 9.89. The zero-order valence-electron chi connectivity index (χ0n) is 7.06. The fourth-order valence-electron chi connectivity index (χ4n) is 1.07. The molecule has 1 N–H and O–H groups in total. The predicted molar refractivity (Wildman–Crippen MR) is 41.2 cm³/mol. The molecule has 1 rings (SSSR count). The average molecular weight is 172 g/mol. The topological polar surface area (TPSA) is 55.8 Å². The van der Waals surface area contributed by atoms with Gasteiger partial charge >= 0.3 is 5.97 Å². The Morgan fingerprint density at radius 2 is 2.33 bits per heavy atom. The van der Waals surface area contributed by atoms with Gasteiger partial charge < -0.3 is 14.6 Å². The molecule has 0 fully saturated rings. The standard InChI is InChI=1S/C8H12O4/c1-5-8(12-6(2)9)7(10)3-4-11-5/h3-5,7-8,10H,1-2H3/t5-,7-,8+/m1/s1. The van der Waals surface area contributed by atoms with Gasteiger partial charge in [0.1, 0.15) is 12.2 Å². The van der Waals surface area contributed by atoms with E-state index in [1.807, 2.05) is 0 Å². The first-order valence-electron chi connectivity index (χ1n) is 3.78. The van der Waals surface area contributed by atoms with Gasteiger partial charge in [0.25, 0.3) is 0 Å². The van der Waals surface area contributed by atoms with Gasteiger partial charge in [-0.3, -0.25) is 4.79 Å². The molecule has 4 nitrogen and oxygen atoms in total. The minimum atomic E-state index is -0.766. The van der Waals surface area contributed by atoms with E-state index in [1.54, 1.807) is 6.92 Å². The highest BCUT2D eigenvalue weighted by atomic mass is 16.6. The van der Waals surface area contributed by atoms with E-state index in [1.165, 1.54) is 19.3 Å². The third-order valence-corrected chi connectivity index (χ3v) is 1.67. The first-order valence-corrected chi connectivity index (χ1v) is 3.78. The lowest BCUT2D eigenvalue weighted by atomic mass is 10.1. The Morgan fingerprint density at radius 3 is 2.83 bits per heavy atom. The molecule has 3 atom stereocenters. The number of carbonyl (C=O) groups is 1. The second kappa shape index (κ2) is 3.58. The maximum absolute atomic E-state index is 10.6. The summed E-state index contributed by atoms with van der Waals surface area (Å²) >= 11 is 0. The van der Waals surface area contributed by atoms with Crippen LogP contribution in [0.5, 0.6) is 0 Å². The molecule has 0 aromatic rings. The van der Waals surface area contributed by atoms with Crippen molar-refractivity contribution in [2.24, 2.45) is 0 Å². The molecular weight excluding hydrogens is 160 g/mol. The molecule has 0 unspecified atom stereocenters. The molecule has 0 aromatic carbocycles. The highest BCUT2D eigenvalue weighted by Gasteiger charge is 2.30. The van der Waals surface area contributed by atoms with Gasteiger partial charge in [-0.05, 0) is 13.0 Å². The van der Waals surface area contributed by atoms with Crippen LogP contribution in [0.1, 0.15) is 13.8 Å². The van der Waals surface area contributed by atoms with Gasteiger partial charge in [0.2, 0.25) is 0 Å². The molecule has 1 aliphatic rings. The van der Waals surface area contributed by atoms with Crippen molar-refractivity contribution in [1.82, 2.24) is 0 Å². The first-order chi connectivity index (χ1) is 5.61. The highest BCUT2D eigenvalue weighted by Crippen LogP contribution is 2.15. The molecule has 0 saturated heterocycles. The Labute approximate surface area is 70.8 Å². The van der Waals surface area contributed by atoms with Crippen LogP contribution >= 0.6 is 0 Å². The Hall–Kier alpha value is -1.03. The summed E-state index contributed by atoms with van der Waals surface area (Å²) in [7, 11) is 0. The normalized spacial score (nSPS) is 34.1. The summed E-state index contributed by atoms with van der Waals surface area (Å²) in [4.78, 5) is 10.6. The Bertz CT molecular complexity index is 199. The van der Waals surface area contributed by atoms with Crippen LogP contribution in [0.3, 0.4) is 0 Å². The van der Waals surface area contributed by atoms with Gasteiger partial charge in [-0.2, -0.15) is 0 Å². The third kappa shape index (κ3) is 1.98. The fourth-order valence-corrected chi connectivity index (χ4v) is 1.07. The third-order valence-electron chi connectivity index (χ3n) is 1.67. The summed E-state index contributed by atoms with van der Waals surface area (Å²) in [5.41, 5.74) is 0.